The molecule has 3 heteroatoms. The highest BCUT2D eigenvalue weighted by Gasteiger charge is 2.10. The van der Waals surface area contributed by atoms with Gasteiger partial charge in [-0.1, -0.05) is 19.3 Å². The summed E-state index contributed by atoms with van der Waals surface area (Å²) in [5.74, 6) is 0. The lowest BCUT2D eigenvalue weighted by Gasteiger charge is -2.15. The van der Waals surface area contributed by atoms with Crippen molar-refractivity contribution in [1.82, 2.24) is 10.2 Å². The van der Waals surface area contributed by atoms with Gasteiger partial charge in [-0.15, -0.1) is 0 Å². The molecule has 0 aliphatic carbocycles. The third-order valence-electron chi connectivity index (χ3n) is 3.97. The Bertz CT molecular complexity index is 234. The largest absolute Gasteiger partial charge is 0.303 e. The molecule has 2 heterocycles. The maximum Gasteiger partial charge on any atom is 0.0495 e. The van der Waals surface area contributed by atoms with E-state index in [1.807, 2.05) is 0 Å². The molecule has 103 valence electrons. The molecular weight excluding hydrogens is 222 g/mol. The highest BCUT2D eigenvalue weighted by atomic mass is 15.3. The lowest BCUT2D eigenvalue weighted by molar-refractivity contribution is 0.336. The zero-order valence-corrected chi connectivity index (χ0v) is 11.6. The molecule has 18 heavy (non-hydrogen) atoms. The molecule has 0 aromatic carbocycles. The molecule has 0 bridgehead atoms. The van der Waals surface area contributed by atoms with Crippen molar-refractivity contribution in [1.29, 1.82) is 0 Å². The van der Waals surface area contributed by atoms with Crippen LogP contribution in [0, 0.1) is 6.42 Å². The summed E-state index contributed by atoms with van der Waals surface area (Å²) in [4.78, 5) is 7.06. The second-order valence-electron chi connectivity index (χ2n) is 5.55. The van der Waals surface area contributed by atoms with Crippen molar-refractivity contribution in [3.8, 4) is 0 Å². The van der Waals surface area contributed by atoms with Crippen molar-refractivity contribution < 1.29 is 0 Å². The molecule has 0 aromatic rings. The van der Waals surface area contributed by atoms with Gasteiger partial charge in [0.05, 0.1) is 0 Å². The Morgan fingerprint density at radius 1 is 1.33 bits per heavy atom. The zero-order chi connectivity index (χ0) is 12.5. The minimum Gasteiger partial charge on any atom is -0.303 e. The molecule has 1 fully saturated rings. The summed E-state index contributed by atoms with van der Waals surface area (Å²) in [6.45, 7) is 4.73. The molecular formula is C15H28N3. The summed E-state index contributed by atoms with van der Waals surface area (Å²) in [6.07, 6.45) is 15.0. The minimum atomic E-state index is 0.648. The molecule has 0 saturated carbocycles. The van der Waals surface area contributed by atoms with Gasteiger partial charge in [-0.2, -0.15) is 0 Å². The predicted octanol–water partition coefficient (Wildman–Crippen LogP) is 2.63. The van der Waals surface area contributed by atoms with Gasteiger partial charge in [-0.3, -0.25) is 9.89 Å². The Morgan fingerprint density at radius 2 is 2.33 bits per heavy atom. The Hall–Kier alpha value is -0.410. The van der Waals surface area contributed by atoms with Crippen LogP contribution in [-0.2, 0) is 0 Å². The molecule has 2 aliphatic heterocycles. The fourth-order valence-electron chi connectivity index (χ4n) is 2.79. The quantitative estimate of drug-likeness (QED) is 0.671. The highest BCUT2D eigenvalue weighted by Crippen LogP contribution is 2.16. The second kappa shape index (κ2) is 8.65. The number of nitrogens with zero attached hydrogens (tertiary/aromatic N) is 2. The normalized spacial score (nSPS) is 24.8. The SMILES string of the molecule is [CH](CCCCC1CCCC=N1)CCN1CCNC1. The maximum atomic E-state index is 4.57. The van der Waals surface area contributed by atoms with Crippen LogP contribution in [-0.4, -0.2) is 43.5 Å². The molecule has 0 aromatic heterocycles. The van der Waals surface area contributed by atoms with Gasteiger partial charge < -0.3 is 5.32 Å². The number of unbranched alkanes of at least 4 members (excludes halogenated alkanes) is 4. The summed E-state index contributed by atoms with van der Waals surface area (Å²) in [6, 6.07) is 0.648. The van der Waals surface area contributed by atoms with Crippen molar-refractivity contribution in [2.75, 3.05) is 26.3 Å². The third-order valence-corrected chi connectivity index (χ3v) is 3.97. The lowest BCUT2D eigenvalue weighted by atomic mass is 10.0. The first kappa shape index (κ1) is 14.0. The first-order valence-corrected chi connectivity index (χ1v) is 7.71. The number of aliphatic imine (C=N–C) groups is 1. The van der Waals surface area contributed by atoms with Gasteiger partial charge in [0.25, 0.3) is 0 Å². The van der Waals surface area contributed by atoms with Crippen molar-refractivity contribution in [2.24, 2.45) is 4.99 Å². The van der Waals surface area contributed by atoms with Crippen LogP contribution in [0.15, 0.2) is 4.99 Å². The fourth-order valence-corrected chi connectivity index (χ4v) is 2.79. The average Bonchev–Trinajstić information content (AvgIpc) is 2.92. The van der Waals surface area contributed by atoms with Gasteiger partial charge in [-0.05, 0) is 51.3 Å². The monoisotopic (exact) mass is 250 g/mol. The topological polar surface area (TPSA) is 27.6 Å². The second-order valence-corrected chi connectivity index (χ2v) is 5.55. The summed E-state index contributed by atoms with van der Waals surface area (Å²) < 4.78 is 0. The summed E-state index contributed by atoms with van der Waals surface area (Å²) in [5, 5.41) is 3.37. The van der Waals surface area contributed by atoms with E-state index in [0.29, 0.717) is 6.04 Å². The van der Waals surface area contributed by atoms with E-state index in [0.717, 1.165) is 6.67 Å². The van der Waals surface area contributed by atoms with Gasteiger partial charge >= 0.3 is 0 Å². The van der Waals surface area contributed by atoms with Crippen molar-refractivity contribution in [3.63, 3.8) is 0 Å². The molecule has 2 rings (SSSR count). The van der Waals surface area contributed by atoms with Crippen LogP contribution >= 0.6 is 0 Å². The van der Waals surface area contributed by atoms with Crippen molar-refractivity contribution in [2.45, 2.75) is 57.4 Å². The lowest BCUT2D eigenvalue weighted by Crippen LogP contribution is -2.23. The highest BCUT2D eigenvalue weighted by molar-refractivity contribution is 5.58. The van der Waals surface area contributed by atoms with Gasteiger partial charge in [0, 0.05) is 25.8 Å². The van der Waals surface area contributed by atoms with Crippen LogP contribution in [0.1, 0.15) is 51.4 Å². The van der Waals surface area contributed by atoms with Gasteiger partial charge in [0.2, 0.25) is 0 Å². The predicted molar refractivity (Wildman–Crippen MR) is 78.0 cm³/mol. The average molecular weight is 250 g/mol. The van der Waals surface area contributed by atoms with Crippen LogP contribution < -0.4 is 5.32 Å². The van der Waals surface area contributed by atoms with Gasteiger partial charge in [0.1, 0.15) is 0 Å². The minimum absolute atomic E-state index is 0.648. The Morgan fingerprint density at radius 3 is 3.11 bits per heavy atom. The smallest absolute Gasteiger partial charge is 0.0495 e. The first-order valence-electron chi connectivity index (χ1n) is 7.71. The van der Waals surface area contributed by atoms with E-state index in [4.69, 9.17) is 0 Å². The number of hydrogen-bond donors (Lipinski definition) is 1. The first-order chi connectivity index (χ1) is 8.95. The summed E-state index contributed by atoms with van der Waals surface area (Å²) in [5.41, 5.74) is 0. The maximum absolute atomic E-state index is 4.57. The molecule has 1 atom stereocenters. The number of rotatable bonds is 8. The van der Waals surface area contributed by atoms with Gasteiger partial charge in [0.15, 0.2) is 0 Å². The number of nitrogens with one attached hydrogen (secondary N) is 1. The molecule has 1 unspecified atom stereocenters. The van der Waals surface area contributed by atoms with E-state index >= 15 is 0 Å². The third kappa shape index (κ3) is 5.49. The molecule has 1 N–H and O–H groups in total. The Kier molecular flexibility index (Phi) is 6.73. The van der Waals surface area contributed by atoms with E-state index in [-0.39, 0.29) is 0 Å². The number of hydrogen-bond acceptors (Lipinski definition) is 3. The summed E-state index contributed by atoms with van der Waals surface area (Å²) in [7, 11) is 0. The molecule has 0 spiro atoms. The van der Waals surface area contributed by atoms with Crippen LogP contribution in [0.5, 0.6) is 0 Å². The zero-order valence-electron chi connectivity index (χ0n) is 11.6. The van der Waals surface area contributed by atoms with Crippen molar-refractivity contribution >= 4 is 6.21 Å². The van der Waals surface area contributed by atoms with Crippen molar-refractivity contribution in [3.05, 3.63) is 6.42 Å². The van der Waals surface area contributed by atoms with E-state index < -0.39 is 0 Å². The molecule has 1 radical (unpaired) electrons. The van der Waals surface area contributed by atoms with Crippen LogP contribution in [0.3, 0.4) is 0 Å². The van der Waals surface area contributed by atoms with E-state index in [2.05, 4.69) is 27.8 Å². The Balaban J connectivity index is 1.37. The molecule has 0 amide bonds. The standard InChI is InChI=1S/C15H28N3/c1(3-7-12-18-13-11-16-14-18)2-4-8-15-9-5-6-10-17-15/h3,10,15-16H,1-2,4-9,11-14H2. The molecule has 1 saturated heterocycles. The van der Waals surface area contributed by atoms with Crippen LogP contribution in [0.25, 0.3) is 0 Å². The van der Waals surface area contributed by atoms with E-state index in [1.165, 1.54) is 71.0 Å². The molecule has 3 nitrogen and oxygen atoms in total. The van der Waals surface area contributed by atoms with E-state index in [9.17, 15) is 0 Å². The Labute approximate surface area is 112 Å². The molecule has 2 aliphatic rings. The summed E-state index contributed by atoms with van der Waals surface area (Å²) >= 11 is 0. The van der Waals surface area contributed by atoms with Gasteiger partial charge in [-0.25, -0.2) is 0 Å². The van der Waals surface area contributed by atoms with Crippen LogP contribution in [0.4, 0.5) is 0 Å². The van der Waals surface area contributed by atoms with Crippen LogP contribution in [0.2, 0.25) is 0 Å². The fraction of sp³-hybridized carbons (Fsp3) is 0.867. The van der Waals surface area contributed by atoms with E-state index in [1.54, 1.807) is 0 Å².